The molecule has 2 heteroatoms. The molecule has 0 saturated heterocycles. The average molecular weight is 313 g/mol. The van der Waals surface area contributed by atoms with Crippen molar-refractivity contribution in [1.29, 1.82) is 0 Å². The molecule has 23 heavy (non-hydrogen) atoms. The summed E-state index contributed by atoms with van der Waals surface area (Å²) in [4.78, 5) is 6.97. The van der Waals surface area contributed by atoms with Gasteiger partial charge in [-0.05, 0) is 40.6 Å². The van der Waals surface area contributed by atoms with Crippen molar-refractivity contribution in [3.8, 4) is 10.4 Å². The van der Waals surface area contributed by atoms with Crippen LogP contribution in [0, 0.1) is 0 Å². The van der Waals surface area contributed by atoms with Gasteiger partial charge in [0.25, 0.3) is 0 Å². The Morgan fingerprint density at radius 3 is 2.39 bits per heavy atom. The van der Waals surface area contributed by atoms with Gasteiger partial charge in [0.05, 0.1) is 5.69 Å². The number of hydrogen-bond acceptors (Lipinski definition) is 2. The van der Waals surface area contributed by atoms with Crippen molar-refractivity contribution in [1.82, 2.24) is 0 Å². The highest BCUT2D eigenvalue weighted by molar-refractivity contribution is 7.17. The van der Waals surface area contributed by atoms with Gasteiger partial charge in [-0.15, -0.1) is 11.3 Å². The number of nitrogens with zero attached hydrogens (tertiary/aromatic N) is 1. The minimum Gasteiger partial charge on any atom is -0.255 e. The molecule has 1 aromatic heterocycles. The molecule has 3 aromatic carbocycles. The second-order valence-electron chi connectivity index (χ2n) is 5.32. The SMILES string of the molecule is C(=N\c1ccccc1)/c1ccc(-c2cccc3ccccc23)s1. The Balaban J connectivity index is 1.69. The number of thiophene rings is 1. The number of hydrogen-bond donors (Lipinski definition) is 0. The Morgan fingerprint density at radius 1 is 0.696 bits per heavy atom. The first-order valence-corrected chi connectivity index (χ1v) is 8.39. The molecule has 4 rings (SSSR count). The lowest BCUT2D eigenvalue weighted by Gasteiger charge is -2.03. The highest BCUT2D eigenvalue weighted by atomic mass is 32.1. The van der Waals surface area contributed by atoms with Crippen molar-refractivity contribution in [2.75, 3.05) is 0 Å². The Morgan fingerprint density at radius 2 is 1.48 bits per heavy atom. The second-order valence-corrected chi connectivity index (χ2v) is 6.44. The molecule has 0 amide bonds. The third kappa shape index (κ3) is 2.94. The number of rotatable bonds is 3. The summed E-state index contributed by atoms with van der Waals surface area (Å²) >= 11 is 1.77. The van der Waals surface area contributed by atoms with Crippen LogP contribution in [-0.2, 0) is 0 Å². The summed E-state index contributed by atoms with van der Waals surface area (Å²) in [5.74, 6) is 0. The minimum atomic E-state index is 0.979. The van der Waals surface area contributed by atoms with E-state index in [-0.39, 0.29) is 0 Å². The minimum absolute atomic E-state index is 0.979. The average Bonchev–Trinajstić information content (AvgIpc) is 3.09. The van der Waals surface area contributed by atoms with Gasteiger partial charge in [0.2, 0.25) is 0 Å². The van der Waals surface area contributed by atoms with Crippen LogP contribution in [-0.4, -0.2) is 6.21 Å². The summed E-state index contributed by atoms with van der Waals surface area (Å²) in [6.07, 6.45) is 1.94. The van der Waals surface area contributed by atoms with Crippen LogP contribution in [0.4, 0.5) is 5.69 Å². The molecule has 4 aromatic rings. The van der Waals surface area contributed by atoms with E-state index in [9.17, 15) is 0 Å². The van der Waals surface area contributed by atoms with E-state index in [4.69, 9.17) is 0 Å². The van der Waals surface area contributed by atoms with E-state index in [2.05, 4.69) is 59.6 Å². The number of fused-ring (bicyclic) bond motifs is 1. The molecular weight excluding hydrogens is 298 g/mol. The lowest BCUT2D eigenvalue weighted by Crippen LogP contribution is -1.77. The lowest BCUT2D eigenvalue weighted by atomic mass is 10.0. The Labute approximate surface area is 139 Å². The van der Waals surface area contributed by atoms with Crippen molar-refractivity contribution in [3.63, 3.8) is 0 Å². The van der Waals surface area contributed by atoms with E-state index in [0.717, 1.165) is 10.6 Å². The van der Waals surface area contributed by atoms with Crippen molar-refractivity contribution in [3.05, 3.63) is 89.8 Å². The standard InChI is InChI=1S/C21H15NS/c1-2-9-17(10-3-1)22-15-18-13-14-21(23-18)20-12-6-8-16-7-4-5-11-19(16)20/h1-15H/b22-15+. The highest BCUT2D eigenvalue weighted by Gasteiger charge is 2.05. The molecule has 0 N–H and O–H groups in total. The third-order valence-electron chi connectivity index (χ3n) is 3.78. The van der Waals surface area contributed by atoms with Crippen LogP contribution in [0.25, 0.3) is 21.2 Å². The number of para-hydroxylation sites is 1. The van der Waals surface area contributed by atoms with Crippen LogP contribution in [0.1, 0.15) is 4.88 Å². The molecule has 1 nitrogen and oxygen atoms in total. The van der Waals surface area contributed by atoms with Crippen molar-refractivity contribution in [2.45, 2.75) is 0 Å². The van der Waals surface area contributed by atoms with Gasteiger partial charge in [-0.2, -0.15) is 0 Å². The van der Waals surface area contributed by atoms with E-state index in [1.54, 1.807) is 11.3 Å². The largest absolute Gasteiger partial charge is 0.255 e. The molecule has 110 valence electrons. The molecule has 0 spiro atoms. The van der Waals surface area contributed by atoms with Gasteiger partial charge in [-0.1, -0.05) is 60.7 Å². The van der Waals surface area contributed by atoms with Gasteiger partial charge < -0.3 is 0 Å². The highest BCUT2D eigenvalue weighted by Crippen LogP contribution is 2.33. The maximum absolute atomic E-state index is 4.53. The molecule has 0 fully saturated rings. The topological polar surface area (TPSA) is 12.4 Å². The van der Waals surface area contributed by atoms with Gasteiger partial charge >= 0.3 is 0 Å². The molecule has 0 aliphatic rings. The van der Waals surface area contributed by atoms with Crippen LogP contribution in [0.3, 0.4) is 0 Å². The van der Waals surface area contributed by atoms with E-state index in [1.807, 2.05) is 36.5 Å². The summed E-state index contributed by atoms with van der Waals surface area (Å²) in [7, 11) is 0. The molecule has 0 bridgehead atoms. The molecule has 0 aliphatic heterocycles. The molecule has 0 atom stereocenters. The Kier molecular flexibility index (Phi) is 3.75. The summed E-state index contributed by atoms with van der Waals surface area (Å²) in [5.41, 5.74) is 2.26. The van der Waals surface area contributed by atoms with Crippen molar-refractivity contribution < 1.29 is 0 Å². The van der Waals surface area contributed by atoms with Crippen LogP contribution < -0.4 is 0 Å². The van der Waals surface area contributed by atoms with Crippen molar-refractivity contribution in [2.24, 2.45) is 4.99 Å². The summed E-state index contributed by atoms with van der Waals surface area (Å²) in [6.45, 7) is 0. The molecule has 0 unspecified atom stereocenters. The van der Waals surface area contributed by atoms with Gasteiger partial charge in [0.15, 0.2) is 0 Å². The summed E-state index contributed by atoms with van der Waals surface area (Å²) in [5, 5.41) is 2.57. The summed E-state index contributed by atoms with van der Waals surface area (Å²) in [6, 6.07) is 29.3. The first kappa shape index (κ1) is 13.9. The van der Waals surface area contributed by atoms with Crippen LogP contribution in [0.2, 0.25) is 0 Å². The van der Waals surface area contributed by atoms with Crippen LogP contribution >= 0.6 is 11.3 Å². The van der Waals surface area contributed by atoms with Gasteiger partial charge in [-0.25, -0.2) is 0 Å². The normalized spacial score (nSPS) is 11.3. The van der Waals surface area contributed by atoms with Gasteiger partial charge in [0.1, 0.15) is 0 Å². The number of aliphatic imine (C=N–C) groups is 1. The van der Waals surface area contributed by atoms with E-state index in [0.29, 0.717) is 0 Å². The van der Waals surface area contributed by atoms with Gasteiger partial charge in [0, 0.05) is 16.0 Å². The second kappa shape index (κ2) is 6.19. The number of benzene rings is 3. The van der Waals surface area contributed by atoms with Crippen LogP contribution in [0.5, 0.6) is 0 Å². The predicted octanol–water partition coefficient (Wildman–Crippen LogP) is 6.32. The molecule has 0 aliphatic carbocycles. The van der Waals surface area contributed by atoms with Gasteiger partial charge in [-0.3, -0.25) is 4.99 Å². The van der Waals surface area contributed by atoms with E-state index < -0.39 is 0 Å². The Bertz CT molecular complexity index is 962. The molecule has 0 radical (unpaired) electrons. The predicted molar refractivity (Wildman–Crippen MR) is 101 cm³/mol. The lowest BCUT2D eigenvalue weighted by molar-refractivity contribution is 1.54. The molecular formula is C21H15NS. The summed E-state index contributed by atoms with van der Waals surface area (Å²) < 4.78 is 0. The maximum atomic E-state index is 4.53. The fourth-order valence-electron chi connectivity index (χ4n) is 2.66. The third-order valence-corrected chi connectivity index (χ3v) is 4.83. The zero-order valence-electron chi connectivity index (χ0n) is 12.5. The Hall–Kier alpha value is -2.71. The fourth-order valence-corrected chi connectivity index (χ4v) is 3.58. The zero-order valence-corrected chi connectivity index (χ0v) is 13.3. The quantitative estimate of drug-likeness (QED) is 0.392. The monoisotopic (exact) mass is 313 g/mol. The van der Waals surface area contributed by atoms with E-state index >= 15 is 0 Å². The smallest absolute Gasteiger partial charge is 0.0630 e. The first-order chi connectivity index (χ1) is 11.4. The first-order valence-electron chi connectivity index (χ1n) is 7.57. The van der Waals surface area contributed by atoms with E-state index in [1.165, 1.54) is 21.2 Å². The molecule has 1 heterocycles. The molecule has 0 saturated carbocycles. The van der Waals surface area contributed by atoms with Crippen LogP contribution in [0.15, 0.2) is 89.9 Å². The van der Waals surface area contributed by atoms with Crippen molar-refractivity contribution >= 4 is 34.0 Å². The maximum Gasteiger partial charge on any atom is 0.0630 e. The fraction of sp³-hybridized carbons (Fsp3) is 0. The zero-order chi connectivity index (χ0) is 15.5.